The van der Waals surface area contributed by atoms with Gasteiger partial charge in [-0.1, -0.05) is 11.8 Å². The third-order valence-electron chi connectivity index (χ3n) is 1.93. The van der Waals surface area contributed by atoms with Gasteiger partial charge < -0.3 is 5.11 Å². The van der Waals surface area contributed by atoms with Crippen LogP contribution in [0.25, 0.3) is 0 Å². The molecule has 2 heterocycles. The third-order valence-corrected chi connectivity index (χ3v) is 3.95. The molecule has 0 saturated carbocycles. The second-order valence-electron chi connectivity index (χ2n) is 3.13. The maximum atomic E-state index is 13.6. The Morgan fingerprint density at radius 1 is 1.53 bits per heavy atom. The first-order valence-corrected chi connectivity index (χ1v) is 6.24. The van der Waals surface area contributed by atoms with Crippen LogP contribution in [0.1, 0.15) is 15.4 Å². The molecule has 88 valence electrons. The number of hydrogen-bond donors (Lipinski definition) is 1. The predicted octanol–water partition coefficient (Wildman–Crippen LogP) is 2.84. The summed E-state index contributed by atoms with van der Waals surface area (Å²) in [5.41, 5.74) is 0.274. The molecule has 0 aliphatic rings. The van der Waals surface area contributed by atoms with Crippen molar-refractivity contribution in [3.8, 4) is 0 Å². The molecule has 0 aliphatic heterocycles. The maximum Gasteiger partial charge on any atom is 0.345 e. The summed E-state index contributed by atoms with van der Waals surface area (Å²) < 4.78 is 13.6. The van der Waals surface area contributed by atoms with Crippen LogP contribution >= 0.6 is 23.1 Å². The van der Waals surface area contributed by atoms with Crippen LogP contribution in [0.5, 0.6) is 0 Å². The van der Waals surface area contributed by atoms with Crippen LogP contribution in [-0.4, -0.2) is 21.0 Å². The Labute approximate surface area is 105 Å². The van der Waals surface area contributed by atoms with Gasteiger partial charge in [0.05, 0.1) is 5.69 Å². The molecule has 2 rings (SSSR count). The number of thiophene rings is 1. The molecule has 0 radical (unpaired) electrons. The van der Waals surface area contributed by atoms with E-state index >= 15 is 0 Å². The quantitative estimate of drug-likeness (QED) is 0.869. The standard InChI is InChI=1S/C10H7FN2O2S2/c1-5-8(11)9(13-4-12-5)17-6-2-7(10(14)15)16-3-6/h2-4H,1H3,(H,14,15). The lowest BCUT2D eigenvalue weighted by Crippen LogP contribution is -1.93. The Morgan fingerprint density at radius 2 is 2.29 bits per heavy atom. The molecule has 0 aromatic carbocycles. The molecule has 2 aromatic rings. The number of aryl methyl sites for hydroxylation is 1. The van der Waals surface area contributed by atoms with Crippen LogP contribution < -0.4 is 0 Å². The molecule has 2 aromatic heterocycles. The Bertz CT molecular complexity index is 571. The molecule has 1 N–H and O–H groups in total. The molecule has 0 unspecified atom stereocenters. The van der Waals surface area contributed by atoms with Gasteiger partial charge in [0.2, 0.25) is 0 Å². The van der Waals surface area contributed by atoms with Crippen LogP contribution in [-0.2, 0) is 0 Å². The van der Waals surface area contributed by atoms with Gasteiger partial charge in [0.25, 0.3) is 0 Å². The molecule has 7 heteroatoms. The first-order valence-electron chi connectivity index (χ1n) is 4.54. The van der Waals surface area contributed by atoms with Crippen LogP contribution in [0.4, 0.5) is 4.39 Å². The van der Waals surface area contributed by atoms with Gasteiger partial charge in [0, 0.05) is 10.3 Å². The lowest BCUT2D eigenvalue weighted by molar-refractivity contribution is 0.0702. The van der Waals surface area contributed by atoms with Crippen molar-refractivity contribution in [2.75, 3.05) is 0 Å². The summed E-state index contributed by atoms with van der Waals surface area (Å²) in [7, 11) is 0. The van der Waals surface area contributed by atoms with E-state index in [9.17, 15) is 9.18 Å². The van der Waals surface area contributed by atoms with Crippen molar-refractivity contribution in [3.63, 3.8) is 0 Å². The summed E-state index contributed by atoms with van der Waals surface area (Å²) in [5, 5.41) is 10.6. The highest BCUT2D eigenvalue weighted by molar-refractivity contribution is 7.99. The van der Waals surface area contributed by atoms with Crippen LogP contribution in [0.2, 0.25) is 0 Å². The van der Waals surface area contributed by atoms with Gasteiger partial charge in [0.1, 0.15) is 16.2 Å². The van der Waals surface area contributed by atoms with E-state index < -0.39 is 11.8 Å². The number of hydrogen-bond acceptors (Lipinski definition) is 5. The lowest BCUT2D eigenvalue weighted by Gasteiger charge is -2.00. The fourth-order valence-electron chi connectivity index (χ4n) is 1.10. The van der Waals surface area contributed by atoms with E-state index in [1.165, 1.54) is 12.4 Å². The van der Waals surface area contributed by atoms with E-state index in [1.54, 1.807) is 12.3 Å². The van der Waals surface area contributed by atoms with Gasteiger partial charge in [-0.2, -0.15) is 0 Å². The largest absolute Gasteiger partial charge is 0.477 e. The summed E-state index contributed by atoms with van der Waals surface area (Å²) in [6, 6.07) is 1.49. The summed E-state index contributed by atoms with van der Waals surface area (Å²) in [6.45, 7) is 1.55. The zero-order chi connectivity index (χ0) is 12.4. The minimum Gasteiger partial charge on any atom is -0.477 e. The zero-order valence-corrected chi connectivity index (χ0v) is 10.3. The molecular formula is C10H7FN2O2S2. The van der Waals surface area contributed by atoms with Crippen LogP contribution in [0.3, 0.4) is 0 Å². The Morgan fingerprint density at radius 3 is 2.94 bits per heavy atom. The molecule has 17 heavy (non-hydrogen) atoms. The molecule has 4 nitrogen and oxygen atoms in total. The molecular weight excluding hydrogens is 263 g/mol. The Balaban J connectivity index is 2.25. The highest BCUT2D eigenvalue weighted by atomic mass is 32.2. The number of carbonyl (C=O) groups is 1. The normalized spacial score (nSPS) is 10.5. The van der Waals surface area contributed by atoms with E-state index in [0.717, 1.165) is 23.1 Å². The summed E-state index contributed by atoms with van der Waals surface area (Å²) >= 11 is 2.19. The molecule has 0 spiro atoms. The van der Waals surface area contributed by atoms with Gasteiger partial charge in [-0.05, 0) is 13.0 Å². The monoisotopic (exact) mass is 270 g/mol. The van der Waals surface area contributed by atoms with Gasteiger partial charge in [-0.25, -0.2) is 19.2 Å². The molecule has 0 saturated heterocycles. The van der Waals surface area contributed by atoms with E-state index in [0.29, 0.717) is 4.90 Å². The molecule has 0 bridgehead atoms. The van der Waals surface area contributed by atoms with E-state index in [2.05, 4.69) is 9.97 Å². The van der Waals surface area contributed by atoms with Crippen molar-refractivity contribution in [2.45, 2.75) is 16.8 Å². The number of nitrogens with zero attached hydrogens (tertiary/aromatic N) is 2. The number of carboxylic acids is 1. The van der Waals surface area contributed by atoms with Crippen molar-refractivity contribution >= 4 is 29.1 Å². The topological polar surface area (TPSA) is 63.1 Å². The summed E-state index contributed by atoms with van der Waals surface area (Å²) in [6.07, 6.45) is 1.28. The number of aromatic nitrogens is 2. The Kier molecular flexibility index (Phi) is 3.39. The van der Waals surface area contributed by atoms with Crippen molar-refractivity contribution in [2.24, 2.45) is 0 Å². The number of rotatable bonds is 3. The number of aromatic carboxylic acids is 1. The van der Waals surface area contributed by atoms with Crippen molar-refractivity contribution in [1.82, 2.24) is 9.97 Å². The summed E-state index contributed by atoms with van der Waals surface area (Å²) in [4.78, 5) is 19.1. The van der Waals surface area contributed by atoms with Gasteiger partial charge in [-0.3, -0.25) is 0 Å². The highest BCUT2D eigenvalue weighted by Crippen LogP contribution is 2.31. The fraction of sp³-hybridized carbons (Fsp3) is 0.100. The highest BCUT2D eigenvalue weighted by Gasteiger charge is 2.12. The van der Waals surface area contributed by atoms with Crippen molar-refractivity contribution in [1.29, 1.82) is 0 Å². The molecule has 0 atom stereocenters. The van der Waals surface area contributed by atoms with Crippen LogP contribution in [0.15, 0.2) is 27.7 Å². The van der Waals surface area contributed by atoms with Crippen molar-refractivity contribution < 1.29 is 14.3 Å². The molecule has 0 fully saturated rings. The predicted molar refractivity (Wildman–Crippen MR) is 62.1 cm³/mol. The van der Waals surface area contributed by atoms with E-state index in [4.69, 9.17) is 5.11 Å². The maximum absolute atomic E-state index is 13.6. The average Bonchev–Trinajstić information content (AvgIpc) is 2.73. The van der Waals surface area contributed by atoms with Gasteiger partial charge in [0.15, 0.2) is 5.82 Å². The third kappa shape index (κ3) is 2.62. The van der Waals surface area contributed by atoms with Crippen molar-refractivity contribution in [3.05, 3.63) is 34.2 Å². The molecule has 0 aliphatic carbocycles. The minimum absolute atomic E-state index is 0.201. The zero-order valence-electron chi connectivity index (χ0n) is 8.68. The van der Waals surface area contributed by atoms with E-state index in [1.807, 2.05) is 0 Å². The SMILES string of the molecule is Cc1ncnc(Sc2csc(C(=O)O)c2)c1F. The first-order chi connectivity index (χ1) is 8.08. The Hall–Kier alpha value is -1.47. The summed E-state index contributed by atoms with van der Waals surface area (Å²) in [5.74, 6) is -1.46. The lowest BCUT2D eigenvalue weighted by atomic mass is 10.4. The second kappa shape index (κ2) is 4.80. The van der Waals surface area contributed by atoms with Gasteiger partial charge in [-0.15, -0.1) is 11.3 Å². The average molecular weight is 270 g/mol. The van der Waals surface area contributed by atoms with E-state index in [-0.39, 0.29) is 15.6 Å². The van der Waals surface area contributed by atoms with Gasteiger partial charge >= 0.3 is 5.97 Å². The smallest absolute Gasteiger partial charge is 0.345 e. The fourth-order valence-corrected chi connectivity index (χ4v) is 2.86. The second-order valence-corrected chi connectivity index (χ2v) is 5.11. The molecule has 0 amide bonds. The number of carboxylic acid groups (broad SMARTS) is 1. The van der Waals surface area contributed by atoms with Crippen LogP contribution in [0, 0.1) is 12.7 Å². The minimum atomic E-state index is -0.985. The first kappa shape index (κ1) is 12.0. The number of halogens is 1.